The van der Waals surface area contributed by atoms with Crippen LogP contribution in [0.2, 0.25) is 0 Å². The zero-order chi connectivity index (χ0) is 10.4. The minimum atomic E-state index is 0.804. The highest BCUT2D eigenvalue weighted by Crippen LogP contribution is 2.33. The molecule has 0 spiro atoms. The van der Waals surface area contributed by atoms with E-state index in [2.05, 4.69) is 25.6 Å². The van der Waals surface area contributed by atoms with Crippen LogP contribution in [-0.2, 0) is 0 Å². The minimum Gasteiger partial charge on any atom is -0.330 e. The van der Waals surface area contributed by atoms with Crippen LogP contribution in [-0.4, -0.2) is 17.5 Å². The van der Waals surface area contributed by atoms with Crippen LogP contribution in [0, 0.1) is 11.8 Å². The van der Waals surface area contributed by atoms with Gasteiger partial charge in [0.05, 0.1) is 0 Å². The van der Waals surface area contributed by atoms with Gasteiger partial charge in [-0.15, -0.1) is 0 Å². The van der Waals surface area contributed by atoms with E-state index in [1.807, 2.05) is 0 Å². The first kappa shape index (κ1) is 12.4. The third-order valence-corrected chi connectivity index (χ3v) is 5.24. The van der Waals surface area contributed by atoms with Gasteiger partial charge < -0.3 is 5.73 Å². The molecular weight excluding hydrogens is 190 g/mol. The number of hydrogen-bond acceptors (Lipinski definition) is 2. The van der Waals surface area contributed by atoms with Crippen molar-refractivity contribution in [1.82, 2.24) is 0 Å². The van der Waals surface area contributed by atoms with Gasteiger partial charge in [0.25, 0.3) is 0 Å². The predicted molar refractivity (Wildman–Crippen MR) is 66.7 cm³/mol. The van der Waals surface area contributed by atoms with Gasteiger partial charge in [-0.1, -0.05) is 33.1 Å². The fourth-order valence-corrected chi connectivity index (χ4v) is 3.73. The second-order valence-electron chi connectivity index (χ2n) is 4.67. The summed E-state index contributed by atoms with van der Waals surface area (Å²) in [5, 5.41) is 0.864. The maximum Gasteiger partial charge on any atom is 0.00874 e. The quantitative estimate of drug-likeness (QED) is 0.761. The summed E-state index contributed by atoms with van der Waals surface area (Å²) in [4.78, 5) is 0. The lowest BCUT2D eigenvalue weighted by Gasteiger charge is -2.30. The lowest BCUT2D eigenvalue weighted by molar-refractivity contribution is 0.377. The van der Waals surface area contributed by atoms with Crippen LogP contribution < -0.4 is 5.73 Å². The molecule has 0 bridgehead atoms. The van der Waals surface area contributed by atoms with Gasteiger partial charge in [0.15, 0.2) is 0 Å². The molecule has 1 nitrogen and oxygen atoms in total. The summed E-state index contributed by atoms with van der Waals surface area (Å²) in [7, 11) is 0. The third-order valence-electron chi connectivity index (χ3n) is 3.43. The topological polar surface area (TPSA) is 26.0 Å². The summed E-state index contributed by atoms with van der Waals surface area (Å²) in [5.41, 5.74) is 5.82. The Morgan fingerprint density at radius 2 is 2.07 bits per heavy atom. The van der Waals surface area contributed by atoms with Gasteiger partial charge in [0.1, 0.15) is 0 Å². The monoisotopic (exact) mass is 215 g/mol. The van der Waals surface area contributed by atoms with Crippen LogP contribution in [0.3, 0.4) is 0 Å². The fraction of sp³-hybridized carbons (Fsp3) is 1.00. The highest BCUT2D eigenvalue weighted by molar-refractivity contribution is 7.99. The smallest absolute Gasteiger partial charge is 0.00874 e. The average Bonchev–Trinajstić information content (AvgIpc) is 2.26. The van der Waals surface area contributed by atoms with E-state index in [0.29, 0.717) is 0 Å². The van der Waals surface area contributed by atoms with Gasteiger partial charge in [-0.25, -0.2) is 0 Å². The van der Waals surface area contributed by atoms with Crippen molar-refractivity contribution >= 4 is 11.8 Å². The van der Waals surface area contributed by atoms with E-state index in [9.17, 15) is 0 Å². The number of hydrogen-bond donors (Lipinski definition) is 1. The highest BCUT2D eigenvalue weighted by atomic mass is 32.2. The summed E-state index contributed by atoms with van der Waals surface area (Å²) >= 11 is 2.18. The maximum absolute atomic E-state index is 5.82. The minimum absolute atomic E-state index is 0.804. The highest BCUT2D eigenvalue weighted by Gasteiger charge is 2.24. The van der Waals surface area contributed by atoms with Crippen LogP contribution in [0.15, 0.2) is 0 Å². The molecule has 84 valence electrons. The van der Waals surface area contributed by atoms with Crippen molar-refractivity contribution in [3.63, 3.8) is 0 Å². The molecule has 1 aliphatic rings. The van der Waals surface area contributed by atoms with Gasteiger partial charge in [0, 0.05) is 5.25 Å². The van der Waals surface area contributed by atoms with E-state index in [4.69, 9.17) is 5.73 Å². The van der Waals surface area contributed by atoms with Gasteiger partial charge in [-0.3, -0.25) is 0 Å². The van der Waals surface area contributed by atoms with Crippen molar-refractivity contribution in [3.05, 3.63) is 0 Å². The Kier molecular flexibility index (Phi) is 5.95. The first-order valence-electron chi connectivity index (χ1n) is 6.09. The molecule has 1 saturated carbocycles. The van der Waals surface area contributed by atoms with Crippen molar-refractivity contribution in [1.29, 1.82) is 0 Å². The molecule has 2 N–H and O–H groups in total. The van der Waals surface area contributed by atoms with E-state index in [0.717, 1.165) is 23.6 Å². The molecule has 1 rings (SSSR count). The molecule has 0 heterocycles. The van der Waals surface area contributed by atoms with Gasteiger partial charge in [-0.2, -0.15) is 11.8 Å². The molecule has 3 unspecified atom stereocenters. The standard InChI is InChI=1S/C12H25NS/c1-3-10(2)9-14-12-7-5-4-6-11(12)8-13/h10-12H,3-9,13H2,1-2H3. The van der Waals surface area contributed by atoms with Crippen molar-refractivity contribution in [3.8, 4) is 0 Å². The molecule has 0 aliphatic heterocycles. The zero-order valence-corrected chi connectivity index (χ0v) is 10.5. The molecule has 0 amide bonds. The molecule has 1 aliphatic carbocycles. The van der Waals surface area contributed by atoms with Crippen molar-refractivity contribution in [2.45, 2.75) is 51.2 Å². The lowest BCUT2D eigenvalue weighted by atomic mass is 9.89. The Morgan fingerprint density at radius 3 is 2.71 bits per heavy atom. The summed E-state index contributed by atoms with van der Waals surface area (Å²) in [6.45, 7) is 5.54. The molecule has 0 aromatic heterocycles. The molecule has 3 atom stereocenters. The van der Waals surface area contributed by atoms with Crippen LogP contribution in [0.25, 0.3) is 0 Å². The van der Waals surface area contributed by atoms with Gasteiger partial charge in [0.2, 0.25) is 0 Å². The molecule has 0 radical (unpaired) electrons. The normalized spacial score (nSPS) is 30.2. The zero-order valence-electron chi connectivity index (χ0n) is 9.67. The number of rotatable bonds is 5. The van der Waals surface area contributed by atoms with Crippen molar-refractivity contribution < 1.29 is 0 Å². The van der Waals surface area contributed by atoms with E-state index >= 15 is 0 Å². The second kappa shape index (κ2) is 6.73. The number of thioether (sulfide) groups is 1. The van der Waals surface area contributed by atoms with Gasteiger partial charge >= 0.3 is 0 Å². The van der Waals surface area contributed by atoms with E-state index in [-0.39, 0.29) is 0 Å². The summed E-state index contributed by atoms with van der Waals surface area (Å²) < 4.78 is 0. The Hall–Kier alpha value is 0.310. The van der Waals surface area contributed by atoms with Crippen molar-refractivity contribution in [2.75, 3.05) is 12.3 Å². The Morgan fingerprint density at radius 1 is 1.36 bits per heavy atom. The Balaban J connectivity index is 2.26. The molecule has 14 heavy (non-hydrogen) atoms. The van der Waals surface area contributed by atoms with Crippen LogP contribution in [0.1, 0.15) is 46.0 Å². The molecule has 0 aromatic carbocycles. The van der Waals surface area contributed by atoms with E-state index in [1.165, 1.54) is 37.9 Å². The van der Waals surface area contributed by atoms with Crippen LogP contribution in [0.5, 0.6) is 0 Å². The average molecular weight is 215 g/mol. The van der Waals surface area contributed by atoms with Crippen LogP contribution >= 0.6 is 11.8 Å². The van der Waals surface area contributed by atoms with Gasteiger partial charge in [-0.05, 0) is 37.0 Å². The van der Waals surface area contributed by atoms with E-state index in [1.54, 1.807) is 0 Å². The molecule has 0 aromatic rings. The SMILES string of the molecule is CCC(C)CSC1CCCCC1CN. The molecule has 0 saturated heterocycles. The summed E-state index contributed by atoms with van der Waals surface area (Å²) in [6.07, 6.45) is 6.92. The number of nitrogens with two attached hydrogens (primary N) is 1. The predicted octanol–water partition coefficient (Wildman–Crippen LogP) is 3.28. The van der Waals surface area contributed by atoms with E-state index < -0.39 is 0 Å². The summed E-state index contributed by atoms with van der Waals surface area (Å²) in [5.74, 6) is 3.01. The second-order valence-corrected chi connectivity index (χ2v) is 5.94. The first-order valence-corrected chi connectivity index (χ1v) is 7.14. The Labute approximate surface area is 93.2 Å². The molecule has 2 heteroatoms. The summed E-state index contributed by atoms with van der Waals surface area (Å²) in [6, 6.07) is 0. The first-order chi connectivity index (χ1) is 6.77. The maximum atomic E-state index is 5.82. The van der Waals surface area contributed by atoms with Crippen LogP contribution in [0.4, 0.5) is 0 Å². The third kappa shape index (κ3) is 3.82. The van der Waals surface area contributed by atoms with Crippen molar-refractivity contribution in [2.24, 2.45) is 17.6 Å². The fourth-order valence-electron chi connectivity index (χ4n) is 2.07. The Bertz CT molecular complexity index is 149. The molecular formula is C12H25NS. The lowest BCUT2D eigenvalue weighted by Crippen LogP contribution is -2.29. The molecule has 1 fully saturated rings. The largest absolute Gasteiger partial charge is 0.330 e.